The van der Waals surface area contributed by atoms with Crippen LogP contribution in [0.25, 0.3) is 0 Å². The molecule has 1 N–H and O–H groups in total. The van der Waals surface area contributed by atoms with Crippen LogP contribution in [0.4, 0.5) is 0 Å². The van der Waals surface area contributed by atoms with Crippen molar-refractivity contribution in [2.45, 2.75) is 12.5 Å². The van der Waals surface area contributed by atoms with Gasteiger partial charge in [-0.25, -0.2) is 4.79 Å². The van der Waals surface area contributed by atoms with E-state index < -0.39 is 11.5 Å². The summed E-state index contributed by atoms with van der Waals surface area (Å²) in [6, 6.07) is 9.23. The van der Waals surface area contributed by atoms with Gasteiger partial charge in [0.05, 0.1) is 0 Å². The number of likely N-dealkylation sites (N-methyl/N-ethyl adjacent to an activating group) is 1. The third-order valence-corrected chi connectivity index (χ3v) is 2.65. The fraction of sp³-hybridized carbons (Fsp3) is 0.364. The van der Waals surface area contributed by atoms with Crippen molar-refractivity contribution >= 4 is 5.97 Å². The third kappa shape index (κ3) is 1.63. The molecule has 1 atom stereocenters. The standard InChI is InChI=1S/C11H15NO2/c1-11(10(13)14,12(2)3)9-7-5-4-6-8-9/h4-8H,1-3H3,(H,13,14). The predicted octanol–water partition coefficient (Wildman–Crippen LogP) is 1.55. The second-order valence-electron chi connectivity index (χ2n) is 3.64. The molecular formula is C11H15NO2. The molecule has 0 spiro atoms. The highest BCUT2D eigenvalue weighted by molar-refractivity contribution is 5.80. The van der Waals surface area contributed by atoms with E-state index in [1.807, 2.05) is 30.3 Å². The number of aliphatic carboxylic acids is 1. The lowest BCUT2D eigenvalue weighted by molar-refractivity contribution is -0.149. The Hall–Kier alpha value is -1.35. The average Bonchev–Trinajstić information content (AvgIpc) is 2.17. The van der Waals surface area contributed by atoms with Crippen molar-refractivity contribution in [1.29, 1.82) is 0 Å². The van der Waals surface area contributed by atoms with Gasteiger partial charge in [-0.1, -0.05) is 30.3 Å². The number of nitrogens with zero attached hydrogens (tertiary/aromatic N) is 1. The molecule has 0 amide bonds. The van der Waals surface area contributed by atoms with E-state index >= 15 is 0 Å². The molecule has 0 aromatic heterocycles. The zero-order chi connectivity index (χ0) is 10.8. The van der Waals surface area contributed by atoms with Crippen molar-refractivity contribution in [3.05, 3.63) is 35.9 Å². The minimum atomic E-state index is -0.957. The molecule has 0 fully saturated rings. The summed E-state index contributed by atoms with van der Waals surface area (Å²) in [6.07, 6.45) is 0. The second-order valence-corrected chi connectivity index (χ2v) is 3.64. The van der Waals surface area contributed by atoms with Crippen LogP contribution in [0.5, 0.6) is 0 Å². The van der Waals surface area contributed by atoms with Crippen molar-refractivity contribution in [2.24, 2.45) is 0 Å². The summed E-state index contributed by atoms with van der Waals surface area (Å²) >= 11 is 0. The smallest absolute Gasteiger partial charge is 0.328 e. The quantitative estimate of drug-likeness (QED) is 0.791. The Morgan fingerprint density at radius 3 is 2.14 bits per heavy atom. The van der Waals surface area contributed by atoms with Crippen molar-refractivity contribution in [2.75, 3.05) is 14.1 Å². The number of carbonyl (C=O) groups is 1. The molecule has 3 heteroatoms. The van der Waals surface area contributed by atoms with Gasteiger partial charge in [-0.2, -0.15) is 0 Å². The normalized spacial score (nSPS) is 15.1. The van der Waals surface area contributed by atoms with Crippen LogP contribution in [0.15, 0.2) is 30.3 Å². The van der Waals surface area contributed by atoms with Crippen LogP contribution in [-0.4, -0.2) is 30.1 Å². The Labute approximate surface area is 84.0 Å². The summed E-state index contributed by atoms with van der Waals surface area (Å²) in [6.45, 7) is 1.70. The van der Waals surface area contributed by atoms with Crippen LogP contribution >= 0.6 is 0 Å². The molecule has 1 aromatic carbocycles. The van der Waals surface area contributed by atoms with Crippen LogP contribution in [0.1, 0.15) is 12.5 Å². The maximum atomic E-state index is 11.2. The molecule has 0 saturated carbocycles. The van der Waals surface area contributed by atoms with Gasteiger partial charge in [-0.05, 0) is 26.6 Å². The molecule has 0 aliphatic heterocycles. The molecule has 3 nitrogen and oxygen atoms in total. The predicted molar refractivity (Wildman–Crippen MR) is 55.1 cm³/mol. The molecule has 0 radical (unpaired) electrons. The molecule has 1 unspecified atom stereocenters. The van der Waals surface area contributed by atoms with Gasteiger partial charge < -0.3 is 5.11 Å². The Kier molecular flexibility index (Phi) is 2.91. The number of carboxylic acid groups (broad SMARTS) is 1. The first-order chi connectivity index (χ1) is 6.49. The first kappa shape index (κ1) is 10.7. The second kappa shape index (κ2) is 3.80. The lowest BCUT2D eigenvalue weighted by atomic mass is 9.91. The van der Waals surface area contributed by atoms with Gasteiger partial charge in [-0.15, -0.1) is 0 Å². The topological polar surface area (TPSA) is 40.5 Å². The van der Waals surface area contributed by atoms with Gasteiger partial charge in [0.25, 0.3) is 0 Å². The van der Waals surface area contributed by atoms with E-state index in [-0.39, 0.29) is 0 Å². The lowest BCUT2D eigenvalue weighted by Crippen LogP contribution is -2.45. The van der Waals surface area contributed by atoms with Crippen LogP contribution in [0, 0.1) is 0 Å². The monoisotopic (exact) mass is 193 g/mol. The zero-order valence-corrected chi connectivity index (χ0v) is 8.69. The molecule has 76 valence electrons. The molecule has 0 saturated heterocycles. The molecule has 1 rings (SSSR count). The maximum absolute atomic E-state index is 11.2. The minimum Gasteiger partial charge on any atom is -0.480 e. The molecule has 0 aliphatic rings. The van der Waals surface area contributed by atoms with Crippen molar-refractivity contribution < 1.29 is 9.90 Å². The fourth-order valence-corrected chi connectivity index (χ4v) is 1.34. The number of benzene rings is 1. The van der Waals surface area contributed by atoms with E-state index in [1.54, 1.807) is 25.9 Å². The van der Waals surface area contributed by atoms with E-state index in [0.717, 1.165) is 5.56 Å². The first-order valence-electron chi connectivity index (χ1n) is 4.46. The molecule has 1 aromatic rings. The van der Waals surface area contributed by atoms with Gasteiger partial charge in [-0.3, -0.25) is 4.90 Å². The van der Waals surface area contributed by atoms with E-state index in [0.29, 0.717) is 0 Å². The van der Waals surface area contributed by atoms with Crippen molar-refractivity contribution in [3.8, 4) is 0 Å². The number of hydrogen-bond acceptors (Lipinski definition) is 2. The SMILES string of the molecule is CN(C)C(C)(C(=O)O)c1ccccc1. The Morgan fingerprint density at radius 2 is 1.79 bits per heavy atom. The van der Waals surface area contributed by atoms with E-state index in [2.05, 4.69) is 0 Å². The van der Waals surface area contributed by atoms with Gasteiger partial charge >= 0.3 is 5.97 Å². The first-order valence-corrected chi connectivity index (χ1v) is 4.46. The summed E-state index contributed by atoms with van der Waals surface area (Å²) in [5.74, 6) is -0.839. The summed E-state index contributed by atoms with van der Waals surface area (Å²) in [7, 11) is 3.53. The molecule has 0 bridgehead atoms. The highest BCUT2D eigenvalue weighted by Crippen LogP contribution is 2.25. The molecule has 14 heavy (non-hydrogen) atoms. The third-order valence-electron chi connectivity index (χ3n) is 2.65. The highest BCUT2D eigenvalue weighted by Gasteiger charge is 2.37. The summed E-state index contributed by atoms with van der Waals surface area (Å²) in [5.41, 5.74) is -0.168. The van der Waals surface area contributed by atoms with Crippen LogP contribution in [0.3, 0.4) is 0 Å². The zero-order valence-electron chi connectivity index (χ0n) is 8.69. The van der Waals surface area contributed by atoms with E-state index in [9.17, 15) is 9.90 Å². The van der Waals surface area contributed by atoms with Crippen LogP contribution < -0.4 is 0 Å². The Bertz CT molecular complexity index is 321. The molecule has 0 heterocycles. The van der Waals surface area contributed by atoms with Gasteiger partial charge in [0.2, 0.25) is 0 Å². The highest BCUT2D eigenvalue weighted by atomic mass is 16.4. The summed E-state index contributed by atoms with van der Waals surface area (Å²) in [4.78, 5) is 12.9. The minimum absolute atomic E-state index is 0.789. The Morgan fingerprint density at radius 1 is 1.29 bits per heavy atom. The lowest BCUT2D eigenvalue weighted by Gasteiger charge is -2.32. The van der Waals surface area contributed by atoms with Gasteiger partial charge in [0, 0.05) is 0 Å². The van der Waals surface area contributed by atoms with Gasteiger partial charge in [0.15, 0.2) is 0 Å². The van der Waals surface area contributed by atoms with E-state index in [4.69, 9.17) is 0 Å². The van der Waals surface area contributed by atoms with Crippen LogP contribution in [0.2, 0.25) is 0 Å². The van der Waals surface area contributed by atoms with Crippen molar-refractivity contribution in [1.82, 2.24) is 4.90 Å². The number of rotatable bonds is 3. The van der Waals surface area contributed by atoms with Crippen molar-refractivity contribution in [3.63, 3.8) is 0 Å². The number of carboxylic acids is 1. The average molecular weight is 193 g/mol. The Balaban J connectivity index is 3.20. The molecular weight excluding hydrogens is 178 g/mol. The summed E-state index contributed by atoms with van der Waals surface area (Å²) in [5, 5.41) is 9.21. The van der Waals surface area contributed by atoms with Crippen LogP contribution in [-0.2, 0) is 10.3 Å². The largest absolute Gasteiger partial charge is 0.480 e. The summed E-state index contributed by atoms with van der Waals surface area (Å²) < 4.78 is 0. The molecule has 0 aliphatic carbocycles. The van der Waals surface area contributed by atoms with Gasteiger partial charge in [0.1, 0.15) is 5.54 Å². The maximum Gasteiger partial charge on any atom is 0.328 e. The fourth-order valence-electron chi connectivity index (χ4n) is 1.34. The number of hydrogen-bond donors (Lipinski definition) is 1. The van der Waals surface area contributed by atoms with E-state index in [1.165, 1.54) is 0 Å².